The van der Waals surface area contributed by atoms with E-state index < -0.39 is 27.9 Å². The van der Waals surface area contributed by atoms with Crippen molar-refractivity contribution in [2.24, 2.45) is 0 Å². The summed E-state index contributed by atoms with van der Waals surface area (Å²) in [5.41, 5.74) is 0.889. The van der Waals surface area contributed by atoms with Gasteiger partial charge < -0.3 is 19.9 Å². The van der Waals surface area contributed by atoms with E-state index in [1.165, 1.54) is 11.0 Å². The number of thiophene rings is 1. The van der Waals surface area contributed by atoms with E-state index in [9.17, 15) is 27.6 Å². The number of rotatable bonds is 11. The minimum absolute atomic E-state index is 0.0619. The van der Waals surface area contributed by atoms with E-state index in [0.717, 1.165) is 11.3 Å². The van der Waals surface area contributed by atoms with E-state index in [1.54, 1.807) is 43.0 Å². The van der Waals surface area contributed by atoms with Gasteiger partial charge in [-0.1, -0.05) is 17.7 Å². The van der Waals surface area contributed by atoms with Gasteiger partial charge in [0, 0.05) is 51.4 Å². The molecular formula is C27H34ClN5O7S2. The van der Waals surface area contributed by atoms with Crippen LogP contribution in [0.1, 0.15) is 35.0 Å². The quantitative estimate of drug-likeness (QED) is 0.353. The van der Waals surface area contributed by atoms with E-state index in [1.807, 2.05) is 4.90 Å². The molecular weight excluding hydrogens is 606 g/mol. The minimum Gasteiger partial charge on any atom is -0.465 e. The van der Waals surface area contributed by atoms with E-state index in [2.05, 4.69) is 10.0 Å². The van der Waals surface area contributed by atoms with Crippen LogP contribution >= 0.6 is 22.9 Å². The first kappa shape index (κ1) is 31.9. The molecule has 1 aromatic carbocycles. The number of sulfonamides is 1. The minimum atomic E-state index is -4.26. The number of anilines is 1. The highest BCUT2D eigenvalue weighted by atomic mass is 35.5. The number of hydrogen-bond donors (Lipinski definition) is 2. The van der Waals surface area contributed by atoms with Crippen molar-refractivity contribution in [2.75, 3.05) is 57.3 Å². The fourth-order valence-electron chi connectivity index (χ4n) is 4.97. The van der Waals surface area contributed by atoms with Gasteiger partial charge in [0.05, 0.1) is 27.3 Å². The Bertz CT molecular complexity index is 1440. The van der Waals surface area contributed by atoms with Gasteiger partial charge in [-0.2, -0.15) is 4.72 Å². The molecule has 228 valence electrons. The molecule has 1 atom stereocenters. The summed E-state index contributed by atoms with van der Waals surface area (Å²) in [6.07, 6.45) is 1.08. The SMILES string of the molecule is CCOC(=O)CN1CCN(C(=O)C(CNC(=O)c2ccc(Cl)s2)NS(=O)(=O)c2cccc(N3CCCC3=O)c2C)CC1. The fourth-order valence-corrected chi connectivity index (χ4v) is 7.38. The van der Waals surface area contributed by atoms with Crippen molar-refractivity contribution >= 4 is 62.3 Å². The topological polar surface area (TPSA) is 145 Å². The molecule has 2 aliphatic heterocycles. The van der Waals surface area contributed by atoms with Crippen molar-refractivity contribution < 1.29 is 32.3 Å². The Hall–Kier alpha value is -3.04. The molecule has 3 heterocycles. The largest absolute Gasteiger partial charge is 0.465 e. The lowest BCUT2D eigenvalue weighted by Gasteiger charge is -2.36. The summed E-state index contributed by atoms with van der Waals surface area (Å²) in [6.45, 7) is 5.23. The van der Waals surface area contributed by atoms with Crippen LogP contribution in [0.3, 0.4) is 0 Å². The molecule has 4 rings (SSSR count). The van der Waals surface area contributed by atoms with Gasteiger partial charge in [-0.15, -0.1) is 11.3 Å². The maximum absolute atomic E-state index is 13.7. The van der Waals surface area contributed by atoms with Gasteiger partial charge in [-0.3, -0.25) is 24.1 Å². The number of halogens is 1. The molecule has 2 saturated heterocycles. The number of nitrogens with one attached hydrogen (secondary N) is 2. The van der Waals surface area contributed by atoms with Crippen LogP contribution in [-0.2, 0) is 29.1 Å². The predicted octanol–water partition coefficient (Wildman–Crippen LogP) is 1.62. The Morgan fingerprint density at radius 2 is 1.83 bits per heavy atom. The molecule has 0 bridgehead atoms. The zero-order valence-electron chi connectivity index (χ0n) is 23.4. The lowest BCUT2D eigenvalue weighted by molar-refractivity contribution is -0.145. The Morgan fingerprint density at radius 1 is 1.10 bits per heavy atom. The molecule has 1 aromatic heterocycles. The molecule has 0 aliphatic carbocycles. The standard InChI is InChI=1S/C27H34ClN5O7S2/c1-3-40-25(35)17-31-12-14-32(15-13-31)27(37)19(16-29-26(36)21-9-10-23(28)41-21)30-42(38,39)22-7-4-6-20(18(22)2)33-11-5-8-24(33)34/h4,6-7,9-10,19,30H,3,5,8,11-17H2,1-2H3,(H,29,36). The maximum atomic E-state index is 13.7. The van der Waals surface area contributed by atoms with E-state index in [0.29, 0.717) is 52.9 Å². The first-order chi connectivity index (χ1) is 20.0. The summed E-state index contributed by atoms with van der Waals surface area (Å²) in [7, 11) is -4.26. The van der Waals surface area contributed by atoms with Gasteiger partial charge in [0.1, 0.15) is 6.04 Å². The molecule has 2 aliphatic rings. The summed E-state index contributed by atoms with van der Waals surface area (Å²) in [4.78, 5) is 55.8. The predicted molar refractivity (Wildman–Crippen MR) is 158 cm³/mol. The number of nitrogens with zero attached hydrogens (tertiary/aromatic N) is 3. The number of benzene rings is 1. The summed E-state index contributed by atoms with van der Waals surface area (Å²) in [5.74, 6) is -1.43. The first-order valence-corrected chi connectivity index (χ1v) is 16.3. The molecule has 0 saturated carbocycles. The first-order valence-electron chi connectivity index (χ1n) is 13.6. The van der Waals surface area contributed by atoms with E-state index in [4.69, 9.17) is 16.3 Å². The number of ether oxygens (including phenoxy) is 1. The fraction of sp³-hybridized carbons (Fsp3) is 0.481. The summed E-state index contributed by atoms with van der Waals surface area (Å²) >= 11 is 7.01. The molecule has 2 aromatic rings. The average molecular weight is 640 g/mol. The van der Waals surface area contributed by atoms with Gasteiger partial charge in [0.2, 0.25) is 21.8 Å². The third-order valence-corrected chi connectivity index (χ3v) is 9.96. The van der Waals surface area contributed by atoms with Crippen molar-refractivity contribution in [1.29, 1.82) is 0 Å². The molecule has 15 heteroatoms. The van der Waals surface area contributed by atoms with E-state index >= 15 is 0 Å². The second-order valence-electron chi connectivity index (χ2n) is 9.94. The molecule has 12 nitrogen and oxygen atoms in total. The van der Waals surface area contributed by atoms with Crippen LogP contribution < -0.4 is 14.9 Å². The third-order valence-electron chi connectivity index (χ3n) is 7.11. The number of esters is 1. The number of amides is 3. The smallest absolute Gasteiger partial charge is 0.320 e. The number of carbonyl (C=O) groups excluding carboxylic acids is 4. The van der Waals surface area contributed by atoms with Gasteiger partial charge in [0.15, 0.2) is 0 Å². The highest BCUT2D eigenvalue weighted by Gasteiger charge is 2.34. The molecule has 1 unspecified atom stereocenters. The Balaban J connectivity index is 1.52. The van der Waals surface area contributed by atoms with Gasteiger partial charge >= 0.3 is 5.97 Å². The second kappa shape index (κ2) is 14.0. The second-order valence-corrected chi connectivity index (χ2v) is 13.3. The van der Waals surface area contributed by atoms with Crippen LogP contribution in [0.5, 0.6) is 0 Å². The third kappa shape index (κ3) is 7.67. The lowest BCUT2D eigenvalue weighted by atomic mass is 10.2. The monoisotopic (exact) mass is 639 g/mol. The van der Waals surface area contributed by atoms with Gasteiger partial charge in [-0.05, 0) is 50.1 Å². The van der Waals surface area contributed by atoms with Gasteiger partial charge in [0.25, 0.3) is 5.91 Å². The van der Waals surface area contributed by atoms with Crippen LogP contribution in [0.15, 0.2) is 35.2 Å². The zero-order chi connectivity index (χ0) is 30.4. The number of piperazine rings is 1. The van der Waals surface area contributed by atoms with Crippen molar-refractivity contribution in [2.45, 2.75) is 37.6 Å². The summed E-state index contributed by atoms with van der Waals surface area (Å²) < 4.78 is 35.3. The molecule has 42 heavy (non-hydrogen) atoms. The maximum Gasteiger partial charge on any atom is 0.320 e. The molecule has 0 radical (unpaired) electrons. The van der Waals surface area contributed by atoms with Crippen molar-refractivity contribution in [3.8, 4) is 0 Å². The van der Waals surface area contributed by atoms with Crippen molar-refractivity contribution in [1.82, 2.24) is 19.8 Å². The molecule has 2 fully saturated rings. The van der Waals surface area contributed by atoms with Crippen molar-refractivity contribution in [3.63, 3.8) is 0 Å². The zero-order valence-corrected chi connectivity index (χ0v) is 25.8. The van der Waals surface area contributed by atoms with Crippen LogP contribution in [0.25, 0.3) is 0 Å². The highest BCUT2D eigenvalue weighted by Crippen LogP contribution is 2.29. The number of carbonyl (C=O) groups is 4. The highest BCUT2D eigenvalue weighted by molar-refractivity contribution is 7.89. The normalized spacial score (nSPS) is 16.9. The Labute approximate surface area is 254 Å². The molecule has 0 spiro atoms. The average Bonchev–Trinajstić information content (AvgIpc) is 3.59. The van der Waals surface area contributed by atoms with E-state index in [-0.39, 0.29) is 49.6 Å². The Kier molecular flexibility index (Phi) is 10.6. The van der Waals surface area contributed by atoms with Crippen LogP contribution in [0.4, 0.5) is 5.69 Å². The van der Waals surface area contributed by atoms with Crippen molar-refractivity contribution in [3.05, 3.63) is 45.1 Å². The van der Waals surface area contributed by atoms with Gasteiger partial charge in [-0.25, -0.2) is 8.42 Å². The Morgan fingerprint density at radius 3 is 2.45 bits per heavy atom. The van der Waals surface area contributed by atoms with Crippen LogP contribution in [0.2, 0.25) is 4.34 Å². The summed E-state index contributed by atoms with van der Waals surface area (Å²) in [6, 6.07) is 6.47. The number of hydrogen-bond acceptors (Lipinski definition) is 9. The van der Waals surface area contributed by atoms with Crippen LogP contribution in [-0.4, -0.2) is 100 Å². The molecule has 2 N–H and O–H groups in total. The molecule has 3 amide bonds. The summed E-state index contributed by atoms with van der Waals surface area (Å²) in [5, 5.41) is 2.65. The van der Waals surface area contributed by atoms with Crippen LogP contribution in [0, 0.1) is 6.92 Å². The lowest BCUT2D eigenvalue weighted by Crippen LogP contribution is -2.58.